The third-order valence-corrected chi connectivity index (χ3v) is 4.21. The van der Waals surface area contributed by atoms with Gasteiger partial charge in [-0.3, -0.25) is 9.59 Å². The van der Waals surface area contributed by atoms with Gasteiger partial charge < -0.3 is 15.5 Å². The lowest BCUT2D eigenvalue weighted by atomic mass is 10.1. The molecule has 9 nitrogen and oxygen atoms in total. The summed E-state index contributed by atoms with van der Waals surface area (Å²) in [5.74, 6) is -3.64. The summed E-state index contributed by atoms with van der Waals surface area (Å²) < 4.78 is 24.0. The van der Waals surface area contributed by atoms with E-state index >= 15 is 0 Å². The molecule has 3 N–H and O–H groups in total. The average molecular weight is 308 g/mol. The fraction of sp³-hybridized carbons (Fsp3) is 0.700. The van der Waals surface area contributed by atoms with E-state index in [4.69, 9.17) is 10.2 Å². The van der Waals surface area contributed by atoms with Crippen LogP contribution in [0.3, 0.4) is 0 Å². The SMILES string of the molecule is CS(=O)(=O)N1CCCC1C(=O)NC(CC(=O)O)C(=O)O. The zero-order valence-corrected chi connectivity index (χ0v) is 11.6. The molecule has 1 heterocycles. The minimum atomic E-state index is -3.57. The van der Waals surface area contributed by atoms with Gasteiger partial charge in [0.25, 0.3) is 0 Å². The number of carbonyl (C=O) groups excluding carboxylic acids is 1. The first-order chi connectivity index (χ1) is 9.12. The summed E-state index contributed by atoms with van der Waals surface area (Å²) in [6, 6.07) is -2.57. The van der Waals surface area contributed by atoms with Crippen molar-refractivity contribution in [1.82, 2.24) is 9.62 Å². The lowest BCUT2D eigenvalue weighted by Gasteiger charge is -2.23. The van der Waals surface area contributed by atoms with Crippen molar-refractivity contribution in [3.05, 3.63) is 0 Å². The summed E-state index contributed by atoms with van der Waals surface area (Å²) in [5.41, 5.74) is 0. The molecule has 1 aliphatic heterocycles. The van der Waals surface area contributed by atoms with E-state index in [1.165, 1.54) is 0 Å². The molecule has 1 saturated heterocycles. The minimum absolute atomic E-state index is 0.188. The van der Waals surface area contributed by atoms with Crippen LogP contribution < -0.4 is 5.32 Å². The van der Waals surface area contributed by atoms with E-state index in [-0.39, 0.29) is 13.0 Å². The van der Waals surface area contributed by atoms with Gasteiger partial charge in [0.15, 0.2) is 0 Å². The molecule has 0 spiro atoms. The van der Waals surface area contributed by atoms with Crippen LogP contribution in [0.5, 0.6) is 0 Å². The summed E-state index contributed by atoms with van der Waals surface area (Å²) in [4.78, 5) is 33.3. The summed E-state index contributed by atoms with van der Waals surface area (Å²) in [6.07, 6.45) is 0.956. The van der Waals surface area contributed by atoms with Gasteiger partial charge in [-0.05, 0) is 12.8 Å². The third kappa shape index (κ3) is 4.17. The zero-order chi connectivity index (χ0) is 15.5. The van der Waals surface area contributed by atoms with Crippen LogP contribution in [0.1, 0.15) is 19.3 Å². The molecule has 10 heteroatoms. The predicted molar refractivity (Wildman–Crippen MR) is 66.4 cm³/mol. The number of hydrogen-bond donors (Lipinski definition) is 3. The van der Waals surface area contributed by atoms with Crippen LogP contribution >= 0.6 is 0 Å². The molecule has 1 rings (SSSR count). The van der Waals surface area contributed by atoms with Crippen molar-refractivity contribution >= 4 is 27.9 Å². The molecule has 0 saturated carbocycles. The maximum Gasteiger partial charge on any atom is 0.326 e. The number of carbonyl (C=O) groups is 3. The van der Waals surface area contributed by atoms with E-state index in [2.05, 4.69) is 5.32 Å². The third-order valence-electron chi connectivity index (χ3n) is 2.93. The monoisotopic (exact) mass is 308 g/mol. The Kier molecular flexibility index (Phi) is 5.06. The second-order valence-corrected chi connectivity index (χ2v) is 6.46. The molecule has 0 bridgehead atoms. The van der Waals surface area contributed by atoms with Gasteiger partial charge in [0.1, 0.15) is 12.1 Å². The topological polar surface area (TPSA) is 141 Å². The highest BCUT2D eigenvalue weighted by atomic mass is 32.2. The molecule has 2 atom stereocenters. The molecule has 2 unspecified atom stereocenters. The van der Waals surface area contributed by atoms with Crippen LogP contribution in [0.2, 0.25) is 0 Å². The molecule has 0 aromatic heterocycles. The number of aliphatic carboxylic acids is 2. The van der Waals surface area contributed by atoms with Crippen molar-refractivity contribution in [3.63, 3.8) is 0 Å². The Balaban J connectivity index is 2.78. The molecular formula is C10H16N2O7S. The normalized spacial score (nSPS) is 21.4. The molecule has 114 valence electrons. The Bertz CT molecular complexity index is 516. The van der Waals surface area contributed by atoms with Gasteiger partial charge >= 0.3 is 11.9 Å². The van der Waals surface area contributed by atoms with Crippen LogP contribution in [-0.4, -0.2) is 65.7 Å². The minimum Gasteiger partial charge on any atom is -0.481 e. The highest BCUT2D eigenvalue weighted by Gasteiger charge is 2.38. The van der Waals surface area contributed by atoms with Gasteiger partial charge in [-0.1, -0.05) is 0 Å². The van der Waals surface area contributed by atoms with Crippen molar-refractivity contribution in [2.75, 3.05) is 12.8 Å². The van der Waals surface area contributed by atoms with Crippen LogP contribution in [0.25, 0.3) is 0 Å². The van der Waals surface area contributed by atoms with E-state index in [9.17, 15) is 22.8 Å². The van der Waals surface area contributed by atoms with E-state index in [0.29, 0.717) is 6.42 Å². The maximum atomic E-state index is 11.9. The van der Waals surface area contributed by atoms with Crippen molar-refractivity contribution in [2.24, 2.45) is 0 Å². The predicted octanol–water partition coefficient (Wildman–Crippen LogP) is -1.55. The second-order valence-electron chi connectivity index (χ2n) is 4.53. The first kappa shape index (κ1) is 16.4. The molecule has 1 amide bonds. The summed E-state index contributed by atoms with van der Waals surface area (Å²) >= 11 is 0. The molecular weight excluding hydrogens is 292 g/mol. The van der Waals surface area contributed by atoms with Crippen molar-refractivity contribution in [2.45, 2.75) is 31.3 Å². The van der Waals surface area contributed by atoms with E-state index in [1.54, 1.807) is 0 Å². The first-order valence-corrected chi connectivity index (χ1v) is 7.69. The van der Waals surface area contributed by atoms with Gasteiger partial charge in [0.2, 0.25) is 15.9 Å². The Hall–Kier alpha value is -1.68. The highest BCUT2D eigenvalue weighted by Crippen LogP contribution is 2.20. The smallest absolute Gasteiger partial charge is 0.326 e. The summed E-state index contributed by atoms with van der Waals surface area (Å²) in [6.45, 7) is 0.188. The summed E-state index contributed by atoms with van der Waals surface area (Å²) in [5, 5.41) is 19.5. The van der Waals surface area contributed by atoms with E-state index < -0.39 is 46.4 Å². The fourth-order valence-corrected chi connectivity index (χ4v) is 3.17. The van der Waals surface area contributed by atoms with Crippen LogP contribution in [0, 0.1) is 0 Å². The van der Waals surface area contributed by atoms with E-state index in [1.807, 2.05) is 0 Å². The Morgan fingerprint density at radius 2 is 1.95 bits per heavy atom. The second kappa shape index (κ2) is 6.18. The van der Waals surface area contributed by atoms with Crippen LogP contribution in [-0.2, 0) is 24.4 Å². The maximum absolute atomic E-state index is 11.9. The van der Waals surface area contributed by atoms with Gasteiger partial charge in [0, 0.05) is 6.54 Å². The quantitative estimate of drug-likeness (QED) is 0.539. The molecule has 1 fully saturated rings. The molecule has 1 aliphatic rings. The standard InChI is InChI=1S/C10H16N2O7S/c1-20(18,19)12-4-2-3-7(12)9(15)11-6(10(16)17)5-8(13)14/h6-7H,2-5H2,1H3,(H,11,15)(H,13,14)(H,16,17). The zero-order valence-electron chi connectivity index (χ0n) is 10.8. The number of carboxylic acid groups (broad SMARTS) is 2. The van der Waals surface area contributed by atoms with Gasteiger partial charge in [-0.25, -0.2) is 13.2 Å². The number of hydrogen-bond acceptors (Lipinski definition) is 5. The van der Waals surface area contributed by atoms with Crippen molar-refractivity contribution in [1.29, 1.82) is 0 Å². The van der Waals surface area contributed by atoms with Gasteiger partial charge in [-0.15, -0.1) is 0 Å². The number of nitrogens with one attached hydrogen (secondary N) is 1. The Morgan fingerprint density at radius 3 is 2.40 bits per heavy atom. The molecule has 0 aromatic rings. The Labute approximate surface area is 115 Å². The lowest BCUT2D eigenvalue weighted by Crippen LogP contribution is -2.51. The van der Waals surface area contributed by atoms with Gasteiger partial charge in [-0.2, -0.15) is 4.31 Å². The average Bonchev–Trinajstić information content (AvgIpc) is 2.75. The molecule has 0 aromatic carbocycles. The largest absolute Gasteiger partial charge is 0.481 e. The number of rotatable bonds is 6. The van der Waals surface area contributed by atoms with E-state index in [0.717, 1.165) is 10.6 Å². The first-order valence-electron chi connectivity index (χ1n) is 5.84. The van der Waals surface area contributed by atoms with Crippen LogP contribution in [0.4, 0.5) is 0 Å². The van der Waals surface area contributed by atoms with Crippen LogP contribution in [0.15, 0.2) is 0 Å². The fourth-order valence-electron chi connectivity index (χ4n) is 2.04. The summed E-state index contributed by atoms with van der Waals surface area (Å²) in [7, 11) is -3.57. The molecule has 0 radical (unpaired) electrons. The highest BCUT2D eigenvalue weighted by molar-refractivity contribution is 7.88. The van der Waals surface area contributed by atoms with Gasteiger partial charge in [0.05, 0.1) is 12.7 Å². The number of sulfonamides is 1. The number of carboxylic acids is 2. The number of nitrogens with zero attached hydrogens (tertiary/aromatic N) is 1. The molecule has 0 aliphatic carbocycles. The molecule has 20 heavy (non-hydrogen) atoms. The van der Waals surface area contributed by atoms with Crippen molar-refractivity contribution in [3.8, 4) is 0 Å². The number of amides is 1. The van der Waals surface area contributed by atoms with Crippen molar-refractivity contribution < 1.29 is 33.0 Å². The Morgan fingerprint density at radius 1 is 1.35 bits per heavy atom. The lowest BCUT2D eigenvalue weighted by molar-refractivity contribution is -0.147.